The Kier molecular flexibility index (Phi) is 4.57. The number of rotatable bonds is 4. The van der Waals surface area contributed by atoms with E-state index in [4.69, 9.17) is 10.9 Å². The fraction of sp³-hybridized carbons (Fsp3) is 0.429. The van der Waals surface area contributed by atoms with Crippen molar-refractivity contribution in [3.63, 3.8) is 0 Å². The molecule has 1 saturated heterocycles. The van der Waals surface area contributed by atoms with E-state index >= 15 is 0 Å². The molecular weight excluding hydrogens is 256 g/mol. The molecule has 108 valence electrons. The van der Waals surface area contributed by atoms with Gasteiger partial charge in [0.1, 0.15) is 0 Å². The van der Waals surface area contributed by atoms with Crippen LogP contribution in [0, 0.1) is 0 Å². The van der Waals surface area contributed by atoms with E-state index in [2.05, 4.69) is 10.5 Å². The second-order valence-corrected chi connectivity index (χ2v) is 5.03. The summed E-state index contributed by atoms with van der Waals surface area (Å²) in [5.74, 6) is 0.304. The second kappa shape index (κ2) is 6.38. The number of nitrogens with zero attached hydrogens (tertiary/aromatic N) is 2. The Morgan fingerprint density at radius 2 is 2.30 bits per heavy atom. The summed E-state index contributed by atoms with van der Waals surface area (Å²) in [4.78, 5) is 13.2. The van der Waals surface area contributed by atoms with Crippen molar-refractivity contribution in [2.45, 2.75) is 25.4 Å². The Bertz CT molecular complexity index is 516. The fourth-order valence-electron chi connectivity index (χ4n) is 2.41. The van der Waals surface area contributed by atoms with E-state index in [9.17, 15) is 4.79 Å². The smallest absolute Gasteiger partial charge is 0.222 e. The van der Waals surface area contributed by atoms with Crippen LogP contribution in [0.5, 0.6) is 0 Å². The number of amides is 1. The van der Waals surface area contributed by atoms with Gasteiger partial charge < -0.3 is 21.2 Å². The Hall–Kier alpha value is -2.08. The molecule has 1 aliphatic rings. The second-order valence-electron chi connectivity index (χ2n) is 5.03. The molecule has 0 radical (unpaired) electrons. The molecule has 1 heterocycles. The molecule has 4 N–H and O–H groups in total. The molecule has 0 bridgehead atoms. The Balaban J connectivity index is 1.99. The van der Waals surface area contributed by atoms with E-state index in [1.54, 1.807) is 4.90 Å². The highest BCUT2D eigenvalue weighted by molar-refractivity contribution is 5.98. The molecule has 0 saturated carbocycles. The van der Waals surface area contributed by atoms with Gasteiger partial charge in [0, 0.05) is 38.2 Å². The molecule has 1 aromatic rings. The molecule has 1 aliphatic heterocycles. The molecule has 6 nitrogen and oxygen atoms in total. The molecule has 20 heavy (non-hydrogen) atoms. The van der Waals surface area contributed by atoms with Crippen molar-refractivity contribution in [3.8, 4) is 0 Å². The number of carbonyl (C=O) groups is 1. The predicted molar refractivity (Wildman–Crippen MR) is 76.5 cm³/mol. The minimum absolute atomic E-state index is 0.110. The number of hydrogen-bond acceptors (Lipinski definition) is 4. The summed E-state index contributed by atoms with van der Waals surface area (Å²) >= 11 is 0. The van der Waals surface area contributed by atoms with Crippen molar-refractivity contribution in [1.82, 2.24) is 10.2 Å². The van der Waals surface area contributed by atoms with Gasteiger partial charge in [-0.15, -0.1) is 0 Å². The average Bonchev–Trinajstić information content (AvgIpc) is 2.48. The van der Waals surface area contributed by atoms with Gasteiger partial charge in [0.2, 0.25) is 5.91 Å². The summed E-state index contributed by atoms with van der Waals surface area (Å²) in [5.41, 5.74) is 7.36. The Morgan fingerprint density at radius 1 is 1.55 bits per heavy atom. The van der Waals surface area contributed by atoms with Crippen molar-refractivity contribution in [1.29, 1.82) is 0 Å². The maximum atomic E-state index is 11.4. The zero-order valence-electron chi connectivity index (χ0n) is 11.5. The lowest BCUT2D eigenvalue weighted by Crippen LogP contribution is -2.46. The molecule has 0 aromatic heterocycles. The molecule has 6 heteroatoms. The SMILES string of the molecule is CN1CC(NCc2ccccc2C(N)=NO)CCC1=O. The standard InChI is InChI=1S/C14H20N4O2/c1-18-9-11(6-7-13(18)19)16-8-10-4-2-3-5-12(10)14(15)17-20/h2-5,11,16,20H,6-9H2,1H3,(H2,15,17). The number of nitrogens with one attached hydrogen (secondary N) is 1. The number of oxime groups is 1. The minimum Gasteiger partial charge on any atom is -0.409 e. The predicted octanol–water partition coefficient (Wildman–Crippen LogP) is 0.491. The third-order valence-corrected chi connectivity index (χ3v) is 3.61. The number of likely N-dealkylation sites (tertiary alicyclic amines) is 1. The van der Waals surface area contributed by atoms with E-state index in [-0.39, 0.29) is 17.8 Å². The van der Waals surface area contributed by atoms with Crippen LogP contribution in [0.2, 0.25) is 0 Å². The van der Waals surface area contributed by atoms with Crippen LogP contribution < -0.4 is 11.1 Å². The monoisotopic (exact) mass is 276 g/mol. The number of likely N-dealkylation sites (N-methyl/N-ethyl adjacent to an activating group) is 1. The van der Waals surface area contributed by atoms with Gasteiger partial charge in [-0.25, -0.2) is 0 Å². The topological polar surface area (TPSA) is 90.9 Å². The third kappa shape index (κ3) is 3.27. The number of amidine groups is 1. The first-order valence-corrected chi connectivity index (χ1v) is 6.65. The van der Waals surface area contributed by atoms with E-state index in [1.165, 1.54) is 0 Å². The van der Waals surface area contributed by atoms with Crippen molar-refractivity contribution >= 4 is 11.7 Å². The van der Waals surface area contributed by atoms with E-state index in [0.717, 1.165) is 17.5 Å². The molecule has 1 amide bonds. The normalized spacial score (nSPS) is 20.2. The third-order valence-electron chi connectivity index (χ3n) is 3.61. The quantitative estimate of drug-likeness (QED) is 0.323. The molecule has 1 unspecified atom stereocenters. The van der Waals surface area contributed by atoms with Crippen LogP contribution in [0.25, 0.3) is 0 Å². The summed E-state index contributed by atoms with van der Waals surface area (Å²) < 4.78 is 0. The summed E-state index contributed by atoms with van der Waals surface area (Å²) in [5, 5.41) is 15.3. The summed E-state index contributed by atoms with van der Waals surface area (Å²) in [7, 11) is 1.82. The molecular formula is C14H20N4O2. The first kappa shape index (κ1) is 14.3. The number of benzene rings is 1. The highest BCUT2D eigenvalue weighted by Crippen LogP contribution is 2.12. The van der Waals surface area contributed by atoms with Crippen molar-refractivity contribution < 1.29 is 10.0 Å². The number of hydrogen-bond donors (Lipinski definition) is 3. The van der Waals surface area contributed by atoms with Crippen LogP contribution in [0.3, 0.4) is 0 Å². The first-order valence-electron chi connectivity index (χ1n) is 6.65. The van der Waals surface area contributed by atoms with Gasteiger partial charge in [-0.05, 0) is 12.0 Å². The van der Waals surface area contributed by atoms with Gasteiger partial charge in [0.05, 0.1) is 0 Å². The van der Waals surface area contributed by atoms with Gasteiger partial charge in [-0.1, -0.05) is 29.4 Å². The Labute approximate surface area is 118 Å². The van der Waals surface area contributed by atoms with Crippen LogP contribution >= 0.6 is 0 Å². The van der Waals surface area contributed by atoms with Crippen LogP contribution in [0.1, 0.15) is 24.0 Å². The average molecular weight is 276 g/mol. The van der Waals surface area contributed by atoms with Crippen LogP contribution in [0.4, 0.5) is 0 Å². The van der Waals surface area contributed by atoms with E-state index in [1.807, 2.05) is 31.3 Å². The summed E-state index contributed by atoms with van der Waals surface area (Å²) in [6, 6.07) is 7.81. The first-order chi connectivity index (χ1) is 9.61. The fourth-order valence-corrected chi connectivity index (χ4v) is 2.41. The van der Waals surface area contributed by atoms with Crippen LogP contribution in [0.15, 0.2) is 29.4 Å². The molecule has 0 aliphatic carbocycles. The number of carbonyl (C=O) groups excluding carboxylic acids is 1. The highest BCUT2D eigenvalue weighted by Gasteiger charge is 2.22. The maximum absolute atomic E-state index is 11.4. The van der Waals surface area contributed by atoms with Crippen LogP contribution in [-0.4, -0.2) is 41.5 Å². The molecule has 0 spiro atoms. The van der Waals surface area contributed by atoms with Gasteiger partial charge in [0.25, 0.3) is 0 Å². The zero-order chi connectivity index (χ0) is 14.5. The Morgan fingerprint density at radius 3 is 3.00 bits per heavy atom. The van der Waals surface area contributed by atoms with Crippen molar-refractivity contribution in [2.75, 3.05) is 13.6 Å². The molecule has 1 fully saturated rings. The largest absolute Gasteiger partial charge is 0.409 e. The van der Waals surface area contributed by atoms with E-state index in [0.29, 0.717) is 19.5 Å². The van der Waals surface area contributed by atoms with Gasteiger partial charge in [-0.2, -0.15) is 0 Å². The highest BCUT2D eigenvalue weighted by atomic mass is 16.4. The van der Waals surface area contributed by atoms with E-state index < -0.39 is 0 Å². The zero-order valence-corrected chi connectivity index (χ0v) is 11.5. The maximum Gasteiger partial charge on any atom is 0.222 e. The lowest BCUT2D eigenvalue weighted by molar-refractivity contribution is -0.132. The lowest BCUT2D eigenvalue weighted by atomic mass is 10.0. The van der Waals surface area contributed by atoms with Crippen LogP contribution in [-0.2, 0) is 11.3 Å². The van der Waals surface area contributed by atoms with Gasteiger partial charge in [0.15, 0.2) is 5.84 Å². The lowest BCUT2D eigenvalue weighted by Gasteiger charge is -2.30. The summed E-state index contributed by atoms with van der Waals surface area (Å²) in [6.45, 7) is 1.34. The summed E-state index contributed by atoms with van der Waals surface area (Å²) in [6.07, 6.45) is 1.42. The molecule has 1 aromatic carbocycles. The number of piperidine rings is 1. The van der Waals surface area contributed by atoms with Crippen molar-refractivity contribution in [2.24, 2.45) is 10.9 Å². The molecule has 1 atom stereocenters. The number of nitrogens with two attached hydrogens (primary N) is 1. The van der Waals surface area contributed by atoms with Gasteiger partial charge in [-0.3, -0.25) is 4.79 Å². The molecule has 2 rings (SSSR count). The minimum atomic E-state index is 0.110. The van der Waals surface area contributed by atoms with Gasteiger partial charge >= 0.3 is 0 Å². The van der Waals surface area contributed by atoms with Crippen molar-refractivity contribution in [3.05, 3.63) is 35.4 Å².